The van der Waals surface area contributed by atoms with E-state index in [1.54, 1.807) is 0 Å². The van der Waals surface area contributed by atoms with E-state index in [0.29, 0.717) is 0 Å². The smallest absolute Gasteiger partial charge is 0.143 e. The van der Waals surface area contributed by atoms with Gasteiger partial charge in [-0.2, -0.15) is 0 Å². The van der Waals surface area contributed by atoms with Crippen LogP contribution in [0.4, 0.5) is 17.1 Å². The van der Waals surface area contributed by atoms with Crippen molar-refractivity contribution in [3.05, 3.63) is 257 Å². The Labute approximate surface area is 385 Å². The molecule has 0 saturated heterocycles. The molecule has 312 valence electrons. The minimum Gasteiger partial charge on any atom is -0.455 e. The molecule has 0 N–H and O–H groups in total. The number of hydrogen-bond acceptors (Lipinski definition) is 2. The van der Waals surface area contributed by atoms with Crippen molar-refractivity contribution < 1.29 is 4.42 Å². The van der Waals surface area contributed by atoms with Crippen LogP contribution in [0.15, 0.2) is 223 Å². The van der Waals surface area contributed by atoms with E-state index in [2.05, 4.69) is 238 Å². The van der Waals surface area contributed by atoms with Crippen LogP contribution in [0.25, 0.3) is 77.6 Å². The summed E-state index contributed by atoms with van der Waals surface area (Å²) in [4.78, 5) is 2.43. The number of furan rings is 1. The first-order valence-electron chi connectivity index (χ1n) is 23.0. The molecular weight excluding hydrogens is 799 g/mol. The lowest BCUT2D eigenvalue weighted by atomic mass is 9.70. The maximum Gasteiger partial charge on any atom is 0.143 e. The highest BCUT2D eigenvalue weighted by atomic mass is 16.3. The lowest BCUT2D eigenvalue weighted by Crippen LogP contribution is -2.26. The molecule has 1 spiro atoms. The predicted octanol–water partition coefficient (Wildman–Crippen LogP) is 17.3. The monoisotopic (exact) mass is 843 g/mol. The lowest BCUT2D eigenvalue weighted by molar-refractivity contribution is 0.670. The molecule has 2 aliphatic rings. The fourth-order valence-electron chi connectivity index (χ4n) is 11.5. The first-order chi connectivity index (χ1) is 32.4. The molecule has 0 fully saturated rings. The molecule has 0 radical (unpaired) electrons. The zero-order valence-corrected chi connectivity index (χ0v) is 37.1. The Morgan fingerprint density at radius 3 is 1.47 bits per heavy atom. The third kappa shape index (κ3) is 5.68. The van der Waals surface area contributed by atoms with Crippen LogP contribution in [0, 0.1) is 20.8 Å². The van der Waals surface area contributed by atoms with Gasteiger partial charge in [0.15, 0.2) is 0 Å². The van der Waals surface area contributed by atoms with Crippen molar-refractivity contribution in [1.82, 2.24) is 0 Å². The predicted molar refractivity (Wildman–Crippen MR) is 275 cm³/mol. The SMILES string of the molecule is Cc1cc(C)cc(-c2ccc(C)c(-c3ccc(N(c4ccc(-c5cccc6c5oc5ccccc56)cc4)c4ccc5c(c4)C4(c6ccccc6-c6ccccc64)c4ccccc4-5)cc3)c2)c1. The summed E-state index contributed by atoms with van der Waals surface area (Å²) in [5, 5.41) is 2.27. The third-order valence-electron chi connectivity index (χ3n) is 14.3. The fourth-order valence-corrected chi connectivity index (χ4v) is 11.5. The lowest BCUT2D eigenvalue weighted by Gasteiger charge is -2.32. The number of hydrogen-bond donors (Lipinski definition) is 0. The van der Waals surface area contributed by atoms with Crippen molar-refractivity contribution in [3.63, 3.8) is 0 Å². The van der Waals surface area contributed by atoms with Gasteiger partial charge >= 0.3 is 0 Å². The maximum atomic E-state index is 6.51. The Kier molecular flexibility index (Phi) is 8.51. The minimum absolute atomic E-state index is 0.446. The Bertz CT molecular complexity index is 3650. The Balaban J connectivity index is 0.977. The second-order valence-corrected chi connectivity index (χ2v) is 18.2. The number of benzene rings is 10. The molecule has 0 amide bonds. The summed E-state index contributed by atoms with van der Waals surface area (Å²) in [6, 6.07) is 80.9. The van der Waals surface area contributed by atoms with Gasteiger partial charge in [-0.3, -0.25) is 0 Å². The van der Waals surface area contributed by atoms with E-state index in [1.807, 2.05) is 6.07 Å². The van der Waals surface area contributed by atoms with Gasteiger partial charge in [-0.15, -0.1) is 0 Å². The van der Waals surface area contributed by atoms with E-state index in [4.69, 9.17) is 4.42 Å². The first kappa shape index (κ1) is 38.3. The molecule has 10 aromatic carbocycles. The minimum atomic E-state index is -0.446. The van der Waals surface area contributed by atoms with Crippen LogP contribution in [-0.4, -0.2) is 0 Å². The maximum absolute atomic E-state index is 6.51. The molecule has 2 nitrogen and oxygen atoms in total. The summed E-state index contributed by atoms with van der Waals surface area (Å²) in [6.07, 6.45) is 0. The van der Waals surface area contributed by atoms with Gasteiger partial charge in [0.05, 0.1) is 5.41 Å². The summed E-state index contributed by atoms with van der Waals surface area (Å²) in [6.45, 7) is 6.57. The Hall–Kier alpha value is -8.20. The van der Waals surface area contributed by atoms with E-state index < -0.39 is 5.41 Å². The van der Waals surface area contributed by atoms with E-state index in [1.165, 1.54) is 83.5 Å². The van der Waals surface area contributed by atoms with E-state index in [-0.39, 0.29) is 0 Å². The van der Waals surface area contributed by atoms with Crippen LogP contribution in [0.5, 0.6) is 0 Å². The van der Waals surface area contributed by atoms with Crippen molar-refractivity contribution >= 4 is 39.0 Å². The molecule has 0 bridgehead atoms. The van der Waals surface area contributed by atoms with Crippen LogP contribution in [0.3, 0.4) is 0 Å². The zero-order chi connectivity index (χ0) is 44.1. The van der Waals surface area contributed by atoms with Gasteiger partial charge in [-0.05, 0) is 147 Å². The highest BCUT2D eigenvalue weighted by Crippen LogP contribution is 2.63. The number of anilines is 3. The van der Waals surface area contributed by atoms with E-state index in [9.17, 15) is 0 Å². The van der Waals surface area contributed by atoms with Crippen molar-refractivity contribution in [2.45, 2.75) is 26.2 Å². The van der Waals surface area contributed by atoms with Crippen molar-refractivity contribution in [2.75, 3.05) is 4.90 Å². The van der Waals surface area contributed by atoms with Gasteiger partial charge in [-0.1, -0.05) is 181 Å². The molecule has 0 unspecified atom stereocenters. The van der Waals surface area contributed by atoms with Crippen molar-refractivity contribution in [1.29, 1.82) is 0 Å². The number of aryl methyl sites for hydroxylation is 3. The van der Waals surface area contributed by atoms with E-state index >= 15 is 0 Å². The molecule has 11 aromatic rings. The molecule has 0 saturated carbocycles. The van der Waals surface area contributed by atoms with Crippen LogP contribution in [-0.2, 0) is 5.41 Å². The summed E-state index contributed by atoms with van der Waals surface area (Å²) in [5.74, 6) is 0. The molecule has 2 heteroatoms. The molecule has 1 heterocycles. The Morgan fingerprint density at radius 1 is 0.333 bits per heavy atom. The van der Waals surface area contributed by atoms with Crippen LogP contribution < -0.4 is 4.90 Å². The Morgan fingerprint density at radius 2 is 0.833 bits per heavy atom. The normalized spacial score (nSPS) is 12.9. The van der Waals surface area contributed by atoms with Crippen LogP contribution >= 0.6 is 0 Å². The second-order valence-electron chi connectivity index (χ2n) is 18.2. The highest BCUT2D eigenvalue weighted by Gasteiger charge is 2.51. The van der Waals surface area contributed by atoms with Gasteiger partial charge in [0, 0.05) is 33.4 Å². The van der Waals surface area contributed by atoms with Crippen molar-refractivity contribution in [2.24, 2.45) is 0 Å². The highest BCUT2D eigenvalue weighted by molar-refractivity contribution is 6.09. The molecule has 0 aliphatic heterocycles. The summed E-state index contributed by atoms with van der Waals surface area (Å²) in [7, 11) is 0. The molecule has 0 atom stereocenters. The molecule has 66 heavy (non-hydrogen) atoms. The fraction of sp³-hybridized carbons (Fsp3) is 0.0625. The van der Waals surface area contributed by atoms with Crippen LogP contribution in [0.2, 0.25) is 0 Å². The van der Waals surface area contributed by atoms with Crippen molar-refractivity contribution in [3.8, 4) is 55.6 Å². The van der Waals surface area contributed by atoms with Gasteiger partial charge < -0.3 is 9.32 Å². The number of para-hydroxylation sites is 2. The van der Waals surface area contributed by atoms with Gasteiger partial charge in [-0.25, -0.2) is 0 Å². The first-order valence-corrected chi connectivity index (χ1v) is 23.0. The van der Waals surface area contributed by atoms with Crippen LogP contribution in [0.1, 0.15) is 38.9 Å². The molecule has 2 aliphatic carbocycles. The van der Waals surface area contributed by atoms with Gasteiger partial charge in [0.2, 0.25) is 0 Å². The summed E-state index contributed by atoms with van der Waals surface area (Å²) >= 11 is 0. The standard InChI is InChI=1S/C64H45NO/c1-40-35-41(2)37-46(36-40)45-24-23-42(3)57(38-45)44-27-31-48(32-28-44)65(47-29-25-43(26-30-47)50-17-12-18-56-55-16-7-11-22-62(55)66-63(50)56)49-33-34-54-53-15-6-10-21-60(53)64(61(54)39-49)58-19-8-4-13-51(58)52-14-5-9-20-59(52)64/h4-39H,1-3H3. The average molecular weight is 844 g/mol. The summed E-state index contributed by atoms with van der Waals surface area (Å²) < 4.78 is 6.51. The van der Waals surface area contributed by atoms with Gasteiger partial charge in [0.1, 0.15) is 11.2 Å². The topological polar surface area (TPSA) is 16.4 Å². The second kappa shape index (κ2) is 14.7. The summed E-state index contributed by atoms with van der Waals surface area (Å²) in [5.41, 5.74) is 26.1. The molecule has 13 rings (SSSR count). The zero-order valence-electron chi connectivity index (χ0n) is 37.1. The van der Waals surface area contributed by atoms with E-state index in [0.717, 1.165) is 50.1 Å². The number of nitrogens with zero attached hydrogens (tertiary/aromatic N) is 1. The number of fused-ring (bicyclic) bond motifs is 13. The largest absolute Gasteiger partial charge is 0.455 e. The molecular formula is C64H45NO. The number of rotatable bonds is 6. The van der Waals surface area contributed by atoms with Gasteiger partial charge in [0.25, 0.3) is 0 Å². The third-order valence-corrected chi connectivity index (χ3v) is 14.3. The molecule has 1 aromatic heterocycles. The average Bonchev–Trinajstić information content (AvgIpc) is 3.99. The quantitative estimate of drug-likeness (QED) is 0.166.